The standard InChI is InChI=1S/C18H18ClN3O/c1-11(2)8-13-5-7-16(20-10-13)18-21-17(22-23-18)15-9-14(19)6-4-12(15)3/h4-7,9-11H,8H2,1-3H3. The normalized spacial score (nSPS) is 11.2. The molecular formula is C18H18ClN3O. The lowest BCUT2D eigenvalue weighted by molar-refractivity contribution is 0.431. The van der Waals surface area contributed by atoms with Crippen molar-refractivity contribution >= 4 is 11.6 Å². The molecule has 0 amide bonds. The van der Waals surface area contributed by atoms with Gasteiger partial charge in [0.05, 0.1) is 0 Å². The highest BCUT2D eigenvalue weighted by Gasteiger charge is 2.14. The van der Waals surface area contributed by atoms with Crippen LogP contribution in [-0.4, -0.2) is 15.1 Å². The molecule has 0 fully saturated rings. The van der Waals surface area contributed by atoms with Crippen molar-refractivity contribution in [1.82, 2.24) is 15.1 Å². The quantitative estimate of drug-likeness (QED) is 0.679. The summed E-state index contributed by atoms with van der Waals surface area (Å²) in [4.78, 5) is 8.87. The molecule has 0 bridgehead atoms. The number of hydrogen-bond donors (Lipinski definition) is 0. The van der Waals surface area contributed by atoms with E-state index >= 15 is 0 Å². The molecule has 3 rings (SSSR count). The van der Waals surface area contributed by atoms with Gasteiger partial charge in [-0.15, -0.1) is 0 Å². The van der Waals surface area contributed by atoms with E-state index in [0.29, 0.717) is 28.3 Å². The molecule has 1 aromatic carbocycles. The van der Waals surface area contributed by atoms with E-state index in [1.165, 1.54) is 5.56 Å². The van der Waals surface area contributed by atoms with Gasteiger partial charge in [0, 0.05) is 16.8 Å². The number of aromatic nitrogens is 3. The van der Waals surface area contributed by atoms with Gasteiger partial charge in [0.25, 0.3) is 5.89 Å². The molecular weight excluding hydrogens is 310 g/mol. The molecule has 0 radical (unpaired) electrons. The Bertz CT molecular complexity index is 809. The maximum absolute atomic E-state index is 6.05. The third-order valence-electron chi connectivity index (χ3n) is 3.55. The van der Waals surface area contributed by atoms with Crippen LogP contribution in [0, 0.1) is 12.8 Å². The number of benzene rings is 1. The number of rotatable bonds is 4. The number of halogens is 1. The largest absolute Gasteiger partial charge is 0.332 e. The maximum atomic E-state index is 6.05. The lowest BCUT2D eigenvalue weighted by atomic mass is 10.0. The molecule has 0 saturated heterocycles. The molecule has 3 aromatic rings. The van der Waals surface area contributed by atoms with Crippen LogP contribution in [0.25, 0.3) is 23.0 Å². The van der Waals surface area contributed by atoms with Gasteiger partial charge in [-0.2, -0.15) is 4.98 Å². The molecule has 23 heavy (non-hydrogen) atoms. The lowest BCUT2D eigenvalue weighted by Gasteiger charge is -2.04. The zero-order chi connectivity index (χ0) is 16.4. The Morgan fingerprint density at radius 3 is 2.70 bits per heavy atom. The summed E-state index contributed by atoms with van der Waals surface area (Å²) in [6.07, 6.45) is 2.87. The van der Waals surface area contributed by atoms with E-state index in [1.807, 2.05) is 37.4 Å². The second kappa shape index (κ2) is 6.50. The molecule has 0 saturated carbocycles. The molecule has 0 aliphatic heterocycles. The predicted octanol–water partition coefficient (Wildman–Crippen LogP) is 4.96. The van der Waals surface area contributed by atoms with Crippen LogP contribution in [0.1, 0.15) is 25.0 Å². The molecule has 0 unspecified atom stereocenters. The fraction of sp³-hybridized carbons (Fsp3) is 0.278. The zero-order valence-electron chi connectivity index (χ0n) is 13.4. The molecule has 0 aliphatic rings. The average Bonchev–Trinajstić information content (AvgIpc) is 2.99. The van der Waals surface area contributed by atoms with Crippen LogP contribution in [0.2, 0.25) is 5.02 Å². The summed E-state index contributed by atoms with van der Waals surface area (Å²) >= 11 is 6.05. The first-order valence-corrected chi connectivity index (χ1v) is 7.96. The fourth-order valence-electron chi connectivity index (χ4n) is 2.42. The van der Waals surface area contributed by atoms with E-state index in [4.69, 9.17) is 16.1 Å². The molecule has 0 aliphatic carbocycles. The maximum Gasteiger partial charge on any atom is 0.276 e. The zero-order valence-corrected chi connectivity index (χ0v) is 14.1. The van der Waals surface area contributed by atoms with Crippen LogP contribution >= 0.6 is 11.6 Å². The minimum Gasteiger partial charge on any atom is -0.332 e. The highest BCUT2D eigenvalue weighted by Crippen LogP contribution is 2.26. The molecule has 4 nitrogen and oxygen atoms in total. The molecule has 0 N–H and O–H groups in total. The third kappa shape index (κ3) is 3.59. The Labute approximate surface area is 140 Å². The molecule has 0 spiro atoms. The smallest absolute Gasteiger partial charge is 0.276 e. The van der Waals surface area contributed by atoms with Crippen molar-refractivity contribution in [3.8, 4) is 23.0 Å². The number of aryl methyl sites for hydroxylation is 1. The van der Waals surface area contributed by atoms with Gasteiger partial charge in [0.1, 0.15) is 5.69 Å². The third-order valence-corrected chi connectivity index (χ3v) is 3.79. The van der Waals surface area contributed by atoms with Crippen LogP contribution in [-0.2, 0) is 6.42 Å². The molecule has 2 aromatic heterocycles. The van der Waals surface area contributed by atoms with Gasteiger partial charge in [-0.1, -0.05) is 42.7 Å². The highest BCUT2D eigenvalue weighted by atomic mass is 35.5. The summed E-state index contributed by atoms with van der Waals surface area (Å²) in [5.74, 6) is 1.53. The van der Waals surface area contributed by atoms with Gasteiger partial charge in [0.2, 0.25) is 5.82 Å². The summed E-state index contributed by atoms with van der Waals surface area (Å²) < 4.78 is 5.35. The molecule has 0 atom stereocenters. The van der Waals surface area contributed by atoms with Crippen LogP contribution in [0.3, 0.4) is 0 Å². The lowest BCUT2D eigenvalue weighted by Crippen LogP contribution is -1.95. The first-order chi connectivity index (χ1) is 11.0. The van der Waals surface area contributed by atoms with Gasteiger partial charge in [-0.25, -0.2) is 0 Å². The Kier molecular flexibility index (Phi) is 4.44. The van der Waals surface area contributed by atoms with E-state index < -0.39 is 0 Å². The van der Waals surface area contributed by atoms with Gasteiger partial charge in [0.15, 0.2) is 0 Å². The molecule has 5 heteroatoms. The van der Waals surface area contributed by atoms with Crippen molar-refractivity contribution in [2.75, 3.05) is 0 Å². The van der Waals surface area contributed by atoms with Gasteiger partial charge >= 0.3 is 0 Å². The van der Waals surface area contributed by atoms with Crippen LogP contribution in [0.4, 0.5) is 0 Å². The first kappa shape index (κ1) is 15.7. The van der Waals surface area contributed by atoms with Crippen LogP contribution < -0.4 is 0 Å². The predicted molar refractivity (Wildman–Crippen MR) is 91.3 cm³/mol. The number of nitrogens with zero attached hydrogens (tertiary/aromatic N) is 3. The van der Waals surface area contributed by atoms with Crippen molar-refractivity contribution in [3.05, 3.63) is 52.7 Å². The van der Waals surface area contributed by atoms with Gasteiger partial charge in [-0.3, -0.25) is 4.98 Å². The van der Waals surface area contributed by atoms with Gasteiger partial charge < -0.3 is 4.52 Å². The Morgan fingerprint density at radius 2 is 2.00 bits per heavy atom. The monoisotopic (exact) mass is 327 g/mol. The van der Waals surface area contributed by atoms with Crippen molar-refractivity contribution in [1.29, 1.82) is 0 Å². The number of hydrogen-bond acceptors (Lipinski definition) is 4. The van der Waals surface area contributed by atoms with E-state index in [2.05, 4.69) is 35.0 Å². The topological polar surface area (TPSA) is 51.8 Å². The van der Waals surface area contributed by atoms with E-state index in [9.17, 15) is 0 Å². The fourth-order valence-corrected chi connectivity index (χ4v) is 2.59. The summed E-state index contributed by atoms with van der Waals surface area (Å²) in [6, 6.07) is 9.59. The summed E-state index contributed by atoms with van der Waals surface area (Å²) in [7, 11) is 0. The van der Waals surface area contributed by atoms with Crippen molar-refractivity contribution in [3.63, 3.8) is 0 Å². The van der Waals surface area contributed by atoms with E-state index in [0.717, 1.165) is 17.5 Å². The van der Waals surface area contributed by atoms with Crippen LogP contribution in [0.15, 0.2) is 41.1 Å². The second-order valence-corrected chi connectivity index (χ2v) is 6.47. The summed E-state index contributed by atoms with van der Waals surface area (Å²) in [5.41, 5.74) is 3.79. The second-order valence-electron chi connectivity index (χ2n) is 6.03. The Hall–Kier alpha value is -2.20. The minimum atomic E-state index is 0.412. The van der Waals surface area contributed by atoms with Crippen molar-refractivity contribution in [2.24, 2.45) is 5.92 Å². The first-order valence-electron chi connectivity index (χ1n) is 7.58. The van der Waals surface area contributed by atoms with Crippen molar-refractivity contribution in [2.45, 2.75) is 27.2 Å². The minimum absolute atomic E-state index is 0.412. The highest BCUT2D eigenvalue weighted by molar-refractivity contribution is 6.30. The average molecular weight is 328 g/mol. The SMILES string of the molecule is Cc1ccc(Cl)cc1-c1noc(-c2ccc(CC(C)C)cn2)n1. The molecule has 118 valence electrons. The summed E-state index contributed by atoms with van der Waals surface area (Å²) in [5, 5.41) is 4.70. The Morgan fingerprint density at radius 1 is 1.17 bits per heavy atom. The summed E-state index contributed by atoms with van der Waals surface area (Å²) in [6.45, 7) is 6.36. The van der Waals surface area contributed by atoms with Crippen LogP contribution in [0.5, 0.6) is 0 Å². The van der Waals surface area contributed by atoms with Gasteiger partial charge in [-0.05, 0) is 48.6 Å². The number of pyridine rings is 1. The molecule has 2 heterocycles. The van der Waals surface area contributed by atoms with E-state index in [1.54, 1.807) is 0 Å². The van der Waals surface area contributed by atoms with Crippen molar-refractivity contribution < 1.29 is 4.52 Å². The van der Waals surface area contributed by atoms with E-state index in [-0.39, 0.29) is 0 Å². The Balaban J connectivity index is 1.88.